The van der Waals surface area contributed by atoms with Gasteiger partial charge >= 0.3 is 5.69 Å². The number of aromatic hydroxyl groups is 1. The smallest absolute Gasteiger partial charge is 0.326 e. The van der Waals surface area contributed by atoms with E-state index in [0.29, 0.717) is 13.1 Å². The molecule has 0 aliphatic carbocycles. The maximum atomic E-state index is 12.2. The third kappa shape index (κ3) is 3.38. The molecular weight excluding hydrogens is 278 g/mol. The minimum absolute atomic E-state index is 0.163. The van der Waals surface area contributed by atoms with Gasteiger partial charge in [0.2, 0.25) is 0 Å². The van der Waals surface area contributed by atoms with Gasteiger partial charge < -0.3 is 15.8 Å². The number of phenolic OH excluding ortho intramolecular Hbond substituents is 1. The molecule has 2 aromatic rings. The number of imidazole rings is 1. The number of aromatic amines is 1. The summed E-state index contributed by atoms with van der Waals surface area (Å²) in [7, 11) is 0. The average Bonchev–Trinajstić information content (AvgIpc) is 2.73. The number of rotatable bonds is 5. The normalized spacial score (nSPS) is 11.2. The van der Waals surface area contributed by atoms with Crippen molar-refractivity contribution in [2.24, 2.45) is 5.73 Å². The second-order valence-corrected chi connectivity index (χ2v) is 5.35. The first-order valence-corrected chi connectivity index (χ1v) is 7.06. The van der Waals surface area contributed by atoms with Crippen LogP contribution in [-0.2, 0) is 13.1 Å². The van der Waals surface area contributed by atoms with E-state index in [1.54, 1.807) is 22.8 Å². The van der Waals surface area contributed by atoms with E-state index in [0.717, 1.165) is 28.1 Å². The predicted octanol–water partition coefficient (Wildman–Crippen LogP) is 2.29. The van der Waals surface area contributed by atoms with E-state index in [2.05, 4.69) is 11.6 Å². The number of benzene rings is 1. The number of aromatic nitrogens is 2. The van der Waals surface area contributed by atoms with Gasteiger partial charge in [-0.3, -0.25) is 4.57 Å². The molecule has 1 aromatic carbocycles. The highest BCUT2D eigenvalue weighted by atomic mass is 16.3. The van der Waals surface area contributed by atoms with E-state index >= 15 is 0 Å². The predicted molar refractivity (Wildman–Crippen MR) is 88.7 cm³/mol. The Morgan fingerprint density at radius 2 is 2.18 bits per heavy atom. The number of allylic oxidation sites excluding steroid dienone is 2. The molecule has 1 heterocycles. The zero-order valence-electron chi connectivity index (χ0n) is 12.9. The minimum atomic E-state index is -0.190. The molecule has 0 spiro atoms. The van der Waals surface area contributed by atoms with Crippen molar-refractivity contribution in [1.29, 1.82) is 0 Å². The molecule has 1 aromatic heterocycles. The van der Waals surface area contributed by atoms with Gasteiger partial charge in [-0.1, -0.05) is 24.3 Å². The fourth-order valence-corrected chi connectivity index (χ4v) is 2.28. The lowest BCUT2D eigenvalue weighted by Gasteiger charge is -2.10. The van der Waals surface area contributed by atoms with Crippen molar-refractivity contribution in [3.05, 3.63) is 69.4 Å². The summed E-state index contributed by atoms with van der Waals surface area (Å²) < 4.78 is 1.63. The molecule has 0 bridgehead atoms. The van der Waals surface area contributed by atoms with Crippen molar-refractivity contribution in [2.45, 2.75) is 26.9 Å². The second-order valence-electron chi connectivity index (χ2n) is 5.35. The zero-order chi connectivity index (χ0) is 16.3. The molecule has 0 aliphatic rings. The summed E-state index contributed by atoms with van der Waals surface area (Å²) in [5.74, 6) is 0.163. The molecule has 116 valence electrons. The second kappa shape index (κ2) is 6.49. The summed E-state index contributed by atoms with van der Waals surface area (Å²) in [6.07, 6.45) is 3.68. The summed E-state index contributed by atoms with van der Waals surface area (Å²) in [6, 6.07) is 5.02. The van der Waals surface area contributed by atoms with Crippen LogP contribution in [-0.4, -0.2) is 14.7 Å². The zero-order valence-corrected chi connectivity index (χ0v) is 12.9. The number of hydrogen-bond donors (Lipinski definition) is 3. The van der Waals surface area contributed by atoms with Crippen LogP contribution in [0.1, 0.15) is 29.4 Å². The van der Waals surface area contributed by atoms with Crippen molar-refractivity contribution in [1.82, 2.24) is 9.55 Å². The van der Waals surface area contributed by atoms with E-state index in [4.69, 9.17) is 5.73 Å². The lowest BCUT2D eigenvalue weighted by Crippen LogP contribution is -2.19. The summed E-state index contributed by atoms with van der Waals surface area (Å²) in [6.45, 7) is 8.29. The highest BCUT2D eigenvalue weighted by Crippen LogP contribution is 2.18. The van der Waals surface area contributed by atoms with Gasteiger partial charge in [0.05, 0.1) is 12.2 Å². The van der Waals surface area contributed by atoms with Crippen LogP contribution in [0.4, 0.5) is 0 Å². The minimum Gasteiger partial charge on any atom is -0.508 e. The standard InChI is InChI=1S/C17H21N3O2/c1-11(2)4-7-16-12(3)20(17(22)19-16)10-14-8-15(21)6-5-13(14)9-18/h4-8,21H,1,9-10,18H2,2-3H3,(H,19,22)/b7-4-. The van der Waals surface area contributed by atoms with E-state index < -0.39 is 0 Å². The quantitative estimate of drug-likeness (QED) is 0.741. The van der Waals surface area contributed by atoms with Crippen molar-refractivity contribution >= 4 is 6.08 Å². The molecule has 5 heteroatoms. The van der Waals surface area contributed by atoms with E-state index in [-0.39, 0.29) is 11.4 Å². The lowest BCUT2D eigenvalue weighted by molar-refractivity contribution is 0.473. The lowest BCUT2D eigenvalue weighted by atomic mass is 10.1. The Hall–Kier alpha value is -2.53. The van der Waals surface area contributed by atoms with Gasteiger partial charge in [0.15, 0.2) is 0 Å². The number of nitrogens with one attached hydrogen (secondary N) is 1. The summed E-state index contributed by atoms with van der Waals surface area (Å²) in [5.41, 5.74) is 9.76. The largest absolute Gasteiger partial charge is 0.508 e. The molecule has 2 rings (SSSR count). The molecule has 0 radical (unpaired) electrons. The van der Waals surface area contributed by atoms with Crippen LogP contribution in [0, 0.1) is 6.92 Å². The van der Waals surface area contributed by atoms with Crippen LogP contribution >= 0.6 is 0 Å². The molecule has 5 nitrogen and oxygen atoms in total. The maximum Gasteiger partial charge on any atom is 0.326 e. The van der Waals surface area contributed by atoms with Crippen LogP contribution in [0.3, 0.4) is 0 Å². The highest BCUT2D eigenvalue weighted by Gasteiger charge is 2.11. The molecular formula is C17H21N3O2. The molecule has 22 heavy (non-hydrogen) atoms. The van der Waals surface area contributed by atoms with Gasteiger partial charge in [0.25, 0.3) is 0 Å². The molecule has 0 aliphatic heterocycles. The molecule has 4 N–H and O–H groups in total. The van der Waals surface area contributed by atoms with Crippen LogP contribution in [0.5, 0.6) is 5.75 Å². The van der Waals surface area contributed by atoms with E-state index in [9.17, 15) is 9.90 Å². The Morgan fingerprint density at radius 1 is 1.45 bits per heavy atom. The Labute approximate surface area is 129 Å². The first-order valence-electron chi connectivity index (χ1n) is 7.06. The average molecular weight is 299 g/mol. The van der Waals surface area contributed by atoms with Crippen molar-refractivity contribution < 1.29 is 5.11 Å². The summed E-state index contributed by atoms with van der Waals surface area (Å²) in [4.78, 5) is 15.0. The molecule has 0 amide bonds. The first-order chi connectivity index (χ1) is 10.4. The number of nitrogens with zero attached hydrogens (tertiary/aromatic N) is 1. The number of phenols is 1. The highest BCUT2D eigenvalue weighted by molar-refractivity contribution is 5.51. The number of hydrogen-bond acceptors (Lipinski definition) is 3. The van der Waals surface area contributed by atoms with Crippen molar-refractivity contribution in [2.75, 3.05) is 0 Å². The van der Waals surface area contributed by atoms with Gasteiger partial charge in [0, 0.05) is 12.2 Å². The van der Waals surface area contributed by atoms with E-state index in [1.807, 2.05) is 26.0 Å². The molecule has 0 fully saturated rings. The van der Waals surface area contributed by atoms with E-state index in [1.165, 1.54) is 0 Å². The van der Waals surface area contributed by atoms with Crippen LogP contribution < -0.4 is 11.4 Å². The molecule has 0 atom stereocenters. The Bertz CT molecular complexity index is 782. The Balaban J connectivity index is 2.41. The first kappa shape index (κ1) is 15.9. The third-order valence-electron chi connectivity index (χ3n) is 3.55. The topological polar surface area (TPSA) is 84.0 Å². The molecule has 0 saturated heterocycles. The number of H-pyrrole nitrogens is 1. The van der Waals surface area contributed by atoms with Gasteiger partial charge in [-0.2, -0.15) is 0 Å². The fraction of sp³-hybridized carbons (Fsp3) is 0.235. The third-order valence-corrected chi connectivity index (χ3v) is 3.55. The fourth-order valence-electron chi connectivity index (χ4n) is 2.28. The van der Waals surface area contributed by atoms with Crippen molar-refractivity contribution in [3.8, 4) is 5.75 Å². The van der Waals surface area contributed by atoms with Gasteiger partial charge in [-0.15, -0.1) is 0 Å². The summed E-state index contributed by atoms with van der Waals surface area (Å²) in [5, 5.41) is 9.64. The summed E-state index contributed by atoms with van der Waals surface area (Å²) >= 11 is 0. The van der Waals surface area contributed by atoms with Gasteiger partial charge in [-0.25, -0.2) is 4.79 Å². The van der Waals surface area contributed by atoms with Crippen LogP contribution in [0.15, 0.2) is 41.2 Å². The Morgan fingerprint density at radius 3 is 2.82 bits per heavy atom. The molecule has 0 saturated carbocycles. The van der Waals surface area contributed by atoms with Crippen LogP contribution in [0.25, 0.3) is 6.08 Å². The van der Waals surface area contributed by atoms with Crippen LogP contribution in [0.2, 0.25) is 0 Å². The van der Waals surface area contributed by atoms with Crippen molar-refractivity contribution in [3.63, 3.8) is 0 Å². The van der Waals surface area contributed by atoms with Gasteiger partial charge in [0.1, 0.15) is 5.75 Å². The SMILES string of the molecule is C=C(C)/C=C\c1[nH]c(=O)n(Cc2cc(O)ccc2CN)c1C. The monoisotopic (exact) mass is 299 g/mol. The Kier molecular flexibility index (Phi) is 4.68. The maximum absolute atomic E-state index is 12.2. The van der Waals surface area contributed by atoms with Gasteiger partial charge in [-0.05, 0) is 43.2 Å². The molecule has 0 unspecified atom stereocenters. The number of nitrogens with two attached hydrogens (primary N) is 1.